The van der Waals surface area contributed by atoms with Crippen molar-refractivity contribution in [2.75, 3.05) is 26.3 Å². The smallest absolute Gasteiger partial charge is 0.222 e. The van der Waals surface area contributed by atoms with Crippen LogP contribution in [-0.2, 0) is 9.53 Å². The SMILES string of the molecule is CCCCC/C=C/C/C=C/CCCCCCCC(=O)N1CCOCC1. The Balaban J connectivity index is 1.83. The van der Waals surface area contributed by atoms with Gasteiger partial charge in [-0.3, -0.25) is 4.79 Å². The van der Waals surface area contributed by atoms with E-state index in [4.69, 9.17) is 4.74 Å². The van der Waals surface area contributed by atoms with Gasteiger partial charge in [-0.15, -0.1) is 0 Å². The molecule has 0 N–H and O–H groups in total. The van der Waals surface area contributed by atoms with Crippen LogP contribution >= 0.6 is 0 Å². The summed E-state index contributed by atoms with van der Waals surface area (Å²) < 4.78 is 5.28. The second-order valence-corrected chi connectivity index (χ2v) is 6.97. The van der Waals surface area contributed by atoms with Gasteiger partial charge in [0, 0.05) is 19.5 Å². The standard InChI is InChI=1S/C22H39NO2/c1-2-3-4-5-6-7-8-9-10-11-12-13-14-15-16-17-22(24)23-18-20-25-21-19-23/h6-7,9-10H,2-5,8,11-21H2,1H3/b7-6+,10-9+. The average Bonchev–Trinajstić information content (AvgIpc) is 2.65. The highest BCUT2D eigenvalue weighted by Gasteiger charge is 2.15. The van der Waals surface area contributed by atoms with Crippen LogP contribution in [0.25, 0.3) is 0 Å². The number of allylic oxidation sites excluding steroid dienone is 4. The molecule has 0 aliphatic carbocycles. The summed E-state index contributed by atoms with van der Waals surface area (Å²) in [6.07, 6.45) is 23.4. The van der Waals surface area contributed by atoms with Gasteiger partial charge in [0.05, 0.1) is 13.2 Å². The molecule has 1 rings (SSSR count). The fraction of sp³-hybridized carbons (Fsp3) is 0.773. The summed E-state index contributed by atoms with van der Waals surface area (Å²) in [4.78, 5) is 13.9. The zero-order chi connectivity index (χ0) is 18.0. The Morgan fingerprint density at radius 1 is 0.840 bits per heavy atom. The molecule has 1 saturated heterocycles. The lowest BCUT2D eigenvalue weighted by Crippen LogP contribution is -2.40. The first-order valence-electron chi connectivity index (χ1n) is 10.5. The molecule has 0 radical (unpaired) electrons. The van der Waals surface area contributed by atoms with Crippen LogP contribution in [0.5, 0.6) is 0 Å². The van der Waals surface area contributed by atoms with E-state index in [1.165, 1.54) is 57.8 Å². The summed E-state index contributed by atoms with van der Waals surface area (Å²) >= 11 is 0. The molecule has 25 heavy (non-hydrogen) atoms. The van der Waals surface area contributed by atoms with Crippen molar-refractivity contribution in [3.05, 3.63) is 24.3 Å². The Labute approximate surface area is 155 Å². The van der Waals surface area contributed by atoms with E-state index in [1.54, 1.807) is 0 Å². The van der Waals surface area contributed by atoms with Crippen molar-refractivity contribution in [1.29, 1.82) is 0 Å². The molecule has 1 fully saturated rings. The molecule has 1 aliphatic rings. The van der Waals surface area contributed by atoms with Crippen LogP contribution < -0.4 is 0 Å². The van der Waals surface area contributed by atoms with Crippen molar-refractivity contribution in [2.45, 2.75) is 84.0 Å². The number of rotatable bonds is 14. The predicted molar refractivity (Wildman–Crippen MR) is 107 cm³/mol. The van der Waals surface area contributed by atoms with Crippen molar-refractivity contribution in [1.82, 2.24) is 4.90 Å². The van der Waals surface area contributed by atoms with Crippen LogP contribution in [0, 0.1) is 0 Å². The average molecular weight is 350 g/mol. The third kappa shape index (κ3) is 12.9. The van der Waals surface area contributed by atoms with Crippen LogP contribution in [0.1, 0.15) is 84.0 Å². The summed E-state index contributed by atoms with van der Waals surface area (Å²) in [6, 6.07) is 0. The van der Waals surface area contributed by atoms with Gasteiger partial charge < -0.3 is 9.64 Å². The number of carbonyl (C=O) groups is 1. The molecule has 144 valence electrons. The molecular weight excluding hydrogens is 310 g/mol. The van der Waals surface area contributed by atoms with Crippen LogP contribution in [0.15, 0.2) is 24.3 Å². The summed E-state index contributed by atoms with van der Waals surface area (Å²) in [5, 5.41) is 0. The number of hydrogen-bond donors (Lipinski definition) is 0. The molecule has 0 aromatic carbocycles. The summed E-state index contributed by atoms with van der Waals surface area (Å²) in [7, 11) is 0. The van der Waals surface area contributed by atoms with E-state index in [9.17, 15) is 4.79 Å². The monoisotopic (exact) mass is 349 g/mol. The van der Waals surface area contributed by atoms with E-state index in [2.05, 4.69) is 31.2 Å². The van der Waals surface area contributed by atoms with E-state index in [0.29, 0.717) is 25.5 Å². The Bertz CT molecular complexity index is 370. The van der Waals surface area contributed by atoms with E-state index >= 15 is 0 Å². The van der Waals surface area contributed by atoms with Gasteiger partial charge in [0.2, 0.25) is 5.91 Å². The second-order valence-electron chi connectivity index (χ2n) is 6.97. The third-order valence-electron chi connectivity index (χ3n) is 4.71. The Kier molecular flexibility index (Phi) is 14.4. The molecule has 1 amide bonds. The van der Waals surface area contributed by atoms with E-state index in [1.807, 2.05) is 4.90 Å². The second kappa shape index (κ2) is 16.4. The first-order valence-corrected chi connectivity index (χ1v) is 10.5. The normalized spacial score (nSPS) is 15.5. The van der Waals surface area contributed by atoms with Crippen molar-refractivity contribution in [3.63, 3.8) is 0 Å². The topological polar surface area (TPSA) is 29.5 Å². The molecule has 1 heterocycles. The number of hydrogen-bond acceptors (Lipinski definition) is 2. The highest BCUT2D eigenvalue weighted by molar-refractivity contribution is 5.76. The van der Waals surface area contributed by atoms with Gasteiger partial charge in [0.25, 0.3) is 0 Å². The lowest BCUT2D eigenvalue weighted by molar-refractivity contribution is -0.135. The van der Waals surface area contributed by atoms with Gasteiger partial charge in [0.15, 0.2) is 0 Å². The number of ether oxygens (including phenoxy) is 1. The fourth-order valence-electron chi connectivity index (χ4n) is 3.06. The van der Waals surface area contributed by atoms with Crippen LogP contribution in [0.3, 0.4) is 0 Å². The zero-order valence-electron chi connectivity index (χ0n) is 16.4. The summed E-state index contributed by atoms with van der Waals surface area (Å²) in [5.41, 5.74) is 0. The lowest BCUT2D eigenvalue weighted by atomic mass is 10.1. The molecule has 0 spiro atoms. The Morgan fingerprint density at radius 2 is 1.44 bits per heavy atom. The van der Waals surface area contributed by atoms with Crippen molar-refractivity contribution in [2.24, 2.45) is 0 Å². The minimum atomic E-state index is 0.314. The lowest BCUT2D eigenvalue weighted by Gasteiger charge is -2.26. The van der Waals surface area contributed by atoms with Crippen molar-refractivity contribution >= 4 is 5.91 Å². The summed E-state index contributed by atoms with van der Waals surface area (Å²) in [6.45, 7) is 5.21. The molecule has 1 aliphatic heterocycles. The molecule has 0 unspecified atom stereocenters. The highest BCUT2D eigenvalue weighted by atomic mass is 16.5. The van der Waals surface area contributed by atoms with Crippen LogP contribution in [-0.4, -0.2) is 37.1 Å². The van der Waals surface area contributed by atoms with Crippen molar-refractivity contribution < 1.29 is 9.53 Å². The molecule has 3 nitrogen and oxygen atoms in total. The molecule has 3 heteroatoms. The third-order valence-corrected chi connectivity index (χ3v) is 4.71. The predicted octanol–water partition coefficient (Wildman–Crippen LogP) is 5.66. The highest BCUT2D eigenvalue weighted by Crippen LogP contribution is 2.10. The molecule has 0 atom stereocenters. The fourth-order valence-corrected chi connectivity index (χ4v) is 3.06. The van der Waals surface area contributed by atoms with Gasteiger partial charge in [-0.05, 0) is 38.5 Å². The van der Waals surface area contributed by atoms with Gasteiger partial charge in [-0.1, -0.05) is 63.3 Å². The minimum Gasteiger partial charge on any atom is -0.378 e. The molecule has 0 aromatic rings. The quantitative estimate of drug-likeness (QED) is 0.299. The number of amides is 1. The molecule has 0 saturated carbocycles. The molecule has 0 bridgehead atoms. The maximum absolute atomic E-state index is 12.0. The largest absolute Gasteiger partial charge is 0.378 e. The van der Waals surface area contributed by atoms with Crippen molar-refractivity contribution in [3.8, 4) is 0 Å². The number of nitrogens with zero attached hydrogens (tertiary/aromatic N) is 1. The van der Waals surface area contributed by atoms with E-state index in [-0.39, 0.29) is 0 Å². The first-order chi connectivity index (χ1) is 12.3. The maximum Gasteiger partial charge on any atom is 0.222 e. The van der Waals surface area contributed by atoms with Gasteiger partial charge in [0.1, 0.15) is 0 Å². The first kappa shape index (κ1) is 22.0. The Hall–Kier alpha value is -1.09. The Morgan fingerprint density at radius 3 is 2.12 bits per heavy atom. The van der Waals surface area contributed by atoms with E-state index < -0.39 is 0 Å². The van der Waals surface area contributed by atoms with E-state index in [0.717, 1.165) is 25.9 Å². The maximum atomic E-state index is 12.0. The minimum absolute atomic E-state index is 0.314. The molecule has 0 aromatic heterocycles. The number of unbranched alkanes of at least 4 members (excludes halogenated alkanes) is 8. The zero-order valence-corrected chi connectivity index (χ0v) is 16.4. The number of carbonyl (C=O) groups excluding carboxylic acids is 1. The number of morpholine rings is 1. The summed E-state index contributed by atoms with van der Waals surface area (Å²) in [5.74, 6) is 0.314. The van der Waals surface area contributed by atoms with Crippen LogP contribution in [0.4, 0.5) is 0 Å². The van der Waals surface area contributed by atoms with Gasteiger partial charge in [-0.2, -0.15) is 0 Å². The molecular formula is C22H39NO2. The van der Waals surface area contributed by atoms with Gasteiger partial charge >= 0.3 is 0 Å². The van der Waals surface area contributed by atoms with Crippen LogP contribution in [0.2, 0.25) is 0 Å². The van der Waals surface area contributed by atoms with Gasteiger partial charge in [-0.25, -0.2) is 0 Å².